The van der Waals surface area contributed by atoms with Crippen molar-refractivity contribution in [3.05, 3.63) is 23.5 Å². The summed E-state index contributed by atoms with van der Waals surface area (Å²) in [6.07, 6.45) is 4.30. The fourth-order valence-electron chi connectivity index (χ4n) is 2.50. The van der Waals surface area contributed by atoms with Gasteiger partial charge in [0, 0.05) is 37.0 Å². The van der Waals surface area contributed by atoms with E-state index in [-0.39, 0.29) is 6.10 Å². The lowest BCUT2D eigenvalue weighted by Gasteiger charge is -2.29. The Morgan fingerprint density at radius 2 is 2.32 bits per heavy atom. The Morgan fingerprint density at radius 1 is 1.47 bits per heavy atom. The van der Waals surface area contributed by atoms with E-state index < -0.39 is 0 Å². The highest BCUT2D eigenvalue weighted by Gasteiger charge is 2.20. The molecule has 0 spiro atoms. The molecule has 0 aromatic carbocycles. The number of aromatic nitrogens is 1. The van der Waals surface area contributed by atoms with Gasteiger partial charge in [-0.2, -0.15) is 0 Å². The third-order valence-electron chi connectivity index (χ3n) is 3.41. The lowest BCUT2D eigenvalue weighted by molar-refractivity contribution is 0.216. The number of hydrogen-bond donors (Lipinski definition) is 1. The molecule has 19 heavy (non-hydrogen) atoms. The van der Waals surface area contributed by atoms with E-state index in [2.05, 4.69) is 29.0 Å². The van der Waals surface area contributed by atoms with Crippen LogP contribution in [-0.2, 0) is 13.0 Å². The average molecular weight is 263 g/mol. The van der Waals surface area contributed by atoms with E-state index in [0.717, 1.165) is 38.3 Å². The molecule has 2 heterocycles. The number of nitrogens with zero attached hydrogens (tertiary/aromatic N) is 2. The molecule has 0 fully saturated rings. The molecule has 1 aromatic rings. The largest absolute Gasteiger partial charge is 0.491 e. The lowest BCUT2D eigenvalue weighted by Crippen LogP contribution is -2.33. The first-order chi connectivity index (χ1) is 9.20. The van der Waals surface area contributed by atoms with Gasteiger partial charge in [-0.25, -0.2) is 0 Å². The van der Waals surface area contributed by atoms with Crippen molar-refractivity contribution in [2.45, 2.75) is 39.3 Å². The van der Waals surface area contributed by atoms with Crippen LogP contribution < -0.4 is 10.1 Å². The molecular formula is C15H25N3O. The summed E-state index contributed by atoms with van der Waals surface area (Å²) in [4.78, 5) is 6.99. The topological polar surface area (TPSA) is 37.4 Å². The molecule has 0 aliphatic carbocycles. The second-order valence-electron chi connectivity index (χ2n) is 5.38. The molecule has 0 saturated carbocycles. The summed E-state index contributed by atoms with van der Waals surface area (Å²) >= 11 is 0. The van der Waals surface area contributed by atoms with Crippen molar-refractivity contribution in [2.24, 2.45) is 0 Å². The van der Waals surface area contributed by atoms with Gasteiger partial charge in [0.15, 0.2) is 0 Å². The van der Waals surface area contributed by atoms with E-state index in [0.29, 0.717) is 0 Å². The molecule has 1 N–H and O–H groups in total. The van der Waals surface area contributed by atoms with Gasteiger partial charge < -0.3 is 10.1 Å². The van der Waals surface area contributed by atoms with Crippen LogP contribution >= 0.6 is 0 Å². The van der Waals surface area contributed by atoms with Gasteiger partial charge in [0.2, 0.25) is 0 Å². The Balaban J connectivity index is 2.04. The van der Waals surface area contributed by atoms with Crippen molar-refractivity contribution in [3.8, 4) is 5.75 Å². The predicted octanol–water partition coefficient (Wildman–Crippen LogP) is 1.84. The molecule has 106 valence electrons. The summed E-state index contributed by atoms with van der Waals surface area (Å²) in [6, 6.07) is 2.00. The predicted molar refractivity (Wildman–Crippen MR) is 77.5 cm³/mol. The summed E-state index contributed by atoms with van der Waals surface area (Å²) < 4.78 is 5.91. The zero-order valence-corrected chi connectivity index (χ0v) is 12.3. The summed E-state index contributed by atoms with van der Waals surface area (Å²) in [5, 5.41) is 3.20. The molecule has 0 unspecified atom stereocenters. The maximum absolute atomic E-state index is 5.91. The summed E-state index contributed by atoms with van der Waals surface area (Å²) in [6.45, 7) is 8.42. The molecule has 0 radical (unpaired) electrons. The van der Waals surface area contributed by atoms with E-state index >= 15 is 0 Å². The first-order valence-electron chi connectivity index (χ1n) is 7.21. The molecule has 1 aliphatic heterocycles. The first kappa shape index (κ1) is 14.3. The fourth-order valence-corrected chi connectivity index (χ4v) is 2.50. The third kappa shape index (κ3) is 3.91. The monoisotopic (exact) mass is 263 g/mol. The Kier molecular flexibility index (Phi) is 5.16. The molecule has 4 heteroatoms. The van der Waals surface area contributed by atoms with E-state index in [1.165, 1.54) is 17.7 Å². The highest BCUT2D eigenvalue weighted by molar-refractivity contribution is 5.37. The van der Waals surface area contributed by atoms with Crippen LogP contribution in [0.15, 0.2) is 12.3 Å². The van der Waals surface area contributed by atoms with E-state index in [9.17, 15) is 0 Å². The Morgan fingerprint density at radius 3 is 3.05 bits per heavy atom. The van der Waals surface area contributed by atoms with Crippen molar-refractivity contribution < 1.29 is 4.74 Å². The van der Waals surface area contributed by atoms with Gasteiger partial charge in [0.25, 0.3) is 0 Å². The molecule has 0 amide bonds. The third-order valence-corrected chi connectivity index (χ3v) is 3.41. The highest BCUT2D eigenvalue weighted by Crippen LogP contribution is 2.27. The number of hydrogen-bond acceptors (Lipinski definition) is 4. The van der Waals surface area contributed by atoms with Gasteiger partial charge in [0.1, 0.15) is 5.75 Å². The smallest absolute Gasteiger partial charge is 0.127 e. The van der Waals surface area contributed by atoms with Crippen LogP contribution in [0.25, 0.3) is 0 Å². The van der Waals surface area contributed by atoms with Gasteiger partial charge in [-0.3, -0.25) is 9.88 Å². The fraction of sp³-hybridized carbons (Fsp3) is 0.667. The second-order valence-corrected chi connectivity index (χ2v) is 5.38. The second kappa shape index (κ2) is 6.87. The van der Waals surface area contributed by atoms with Gasteiger partial charge in [0.05, 0.1) is 6.10 Å². The minimum atomic E-state index is 0.214. The van der Waals surface area contributed by atoms with Crippen LogP contribution in [0.1, 0.15) is 31.5 Å². The van der Waals surface area contributed by atoms with Crippen molar-refractivity contribution >= 4 is 0 Å². The van der Waals surface area contributed by atoms with E-state index in [1.807, 2.05) is 19.3 Å². The zero-order valence-electron chi connectivity index (χ0n) is 12.3. The molecular weight excluding hydrogens is 238 g/mol. The molecule has 1 aliphatic rings. The van der Waals surface area contributed by atoms with Crippen LogP contribution in [0.3, 0.4) is 0 Å². The van der Waals surface area contributed by atoms with Crippen LogP contribution in [0, 0.1) is 0 Å². The van der Waals surface area contributed by atoms with Crippen LogP contribution in [0.2, 0.25) is 0 Å². The molecule has 0 atom stereocenters. The molecule has 2 rings (SSSR count). The van der Waals surface area contributed by atoms with Crippen molar-refractivity contribution in [1.82, 2.24) is 15.2 Å². The SMILES string of the molecule is CNCCCN1CCc2nccc(OC(C)C)c2C1. The first-order valence-corrected chi connectivity index (χ1v) is 7.21. The van der Waals surface area contributed by atoms with Crippen molar-refractivity contribution in [1.29, 1.82) is 0 Å². The highest BCUT2D eigenvalue weighted by atomic mass is 16.5. The zero-order chi connectivity index (χ0) is 13.7. The summed E-state index contributed by atoms with van der Waals surface area (Å²) in [7, 11) is 2.00. The number of fused-ring (bicyclic) bond motifs is 1. The Hall–Kier alpha value is -1.13. The van der Waals surface area contributed by atoms with Gasteiger partial charge in [-0.1, -0.05) is 0 Å². The number of ether oxygens (including phenoxy) is 1. The molecule has 0 bridgehead atoms. The maximum Gasteiger partial charge on any atom is 0.127 e. The Bertz CT molecular complexity index is 406. The van der Waals surface area contributed by atoms with Crippen molar-refractivity contribution in [2.75, 3.05) is 26.7 Å². The number of nitrogens with one attached hydrogen (secondary N) is 1. The van der Waals surface area contributed by atoms with Crippen LogP contribution in [-0.4, -0.2) is 42.7 Å². The number of pyridine rings is 1. The lowest BCUT2D eigenvalue weighted by atomic mass is 10.0. The van der Waals surface area contributed by atoms with Gasteiger partial charge >= 0.3 is 0 Å². The molecule has 0 saturated heterocycles. The summed E-state index contributed by atoms with van der Waals surface area (Å²) in [5.74, 6) is 1.01. The van der Waals surface area contributed by atoms with E-state index in [4.69, 9.17) is 4.74 Å². The Labute approximate surface area is 116 Å². The standard InChI is InChI=1S/C15H25N3O/c1-12(2)19-15-5-8-17-14-6-10-18(11-13(14)15)9-4-7-16-3/h5,8,12,16H,4,6-7,9-11H2,1-3H3. The number of rotatable bonds is 6. The minimum Gasteiger partial charge on any atom is -0.491 e. The molecule has 4 nitrogen and oxygen atoms in total. The van der Waals surface area contributed by atoms with Gasteiger partial charge in [-0.15, -0.1) is 0 Å². The maximum atomic E-state index is 5.91. The van der Waals surface area contributed by atoms with Crippen LogP contribution in [0.4, 0.5) is 0 Å². The van der Waals surface area contributed by atoms with E-state index in [1.54, 1.807) is 0 Å². The van der Waals surface area contributed by atoms with Crippen molar-refractivity contribution in [3.63, 3.8) is 0 Å². The quantitative estimate of drug-likeness (QED) is 0.795. The van der Waals surface area contributed by atoms with Gasteiger partial charge in [-0.05, 0) is 46.5 Å². The minimum absolute atomic E-state index is 0.214. The normalized spacial score (nSPS) is 15.6. The van der Waals surface area contributed by atoms with Crippen LogP contribution in [0.5, 0.6) is 5.75 Å². The molecule has 1 aromatic heterocycles. The summed E-state index contributed by atoms with van der Waals surface area (Å²) in [5.41, 5.74) is 2.50. The average Bonchev–Trinajstić information content (AvgIpc) is 2.39.